The molecule has 1 aliphatic carbocycles. The molecule has 13 heteroatoms. The molecule has 3 aromatic rings. The molecule has 1 fully saturated rings. The number of halogens is 2. The van der Waals surface area contributed by atoms with Gasteiger partial charge in [-0.05, 0) is 49.9 Å². The second-order valence-corrected chi connectivity index (χ2v) is 10.5. The number of amides is 1. The number of carbonyl (C=O) groups is 2. The summed E-state index contributed by atoms with van der Waals surface area (Å²) in [7, 11) is 1.47. The van der Waals surface area contributed by atoms with E-state index in [1.54, 1.807) is 30.0 Å². The molecule has 0 bridgehead atoms. The fraction of sp³-hybridized carbons (Fsp3) is 0.400. The molecule has 1 aromatic heterocycles. The van der Waals surface area contributed by atoms with E-state index >= 15 is 0 Å². The second-order valence-electron chi connectivity index (χ2n) is 10.1. The number of aliphatic hydroxyl groups excluding tert-OH is 1. The zero-order valence-electron chi connectivity index (χ0n) is 24.0. The summed E-state index contributed by atoms with van der Waals surface area (Å²) >= 11 is 5.94. The number of hydrogen-bond donors (Lipinski definition) is 3. The van der Waals surface area contributed by atoms with E-state index in [0.29, 0.717) is 46.4 Å². The van der Waals surface area contributed by atoms with Crippen LogP contribution >= 0.6 is 11.6 Å². The number of carbonyl (C=O) groups excluding carboxylic acids is 2. The van der Waals surface area contributed by atoms with Gasteiger partial charge in [-0.2, -0.15) is 0 Å². The first-order chi connectivity index (χ1) is 20.7. The van der Waals surface area contributed by atoms with Gasteiger partial charge in [-0.15, -0.1) is 0 Å². The normalized spacial score (nSPS) is 13.8. The lowest BCUT2D eigenvalue weighted by Crippen LogP contribution is -2.38. The van der Waals surface area contributed by atoms with Gasteiger partial charge in [-0.25, -0.2) is 14.4 Å². The molecule has 0 saturated heterocycles. The summed E-state index contributed by atoms with van der Waals surface area (Å²) in [4.78, 5) is 35.4. The van der Waals surface area contributed by atoms with Crippen LogP contribution < -0.4 is 15.4 Å². The van der Waals surface area contributed by atoms with Crippen molar-refractivity contribution in [3.05, 3.63) is 59.7 Å². The molecule has 43 heavy (non-hydrogen) atoms. The third kappa shape index (κ3) is 9.85. The molecule has 3 N–H and O–H groups in total. The number of rotatable bonds is 16. The Hall–Kier alpha value is -3.84. The van der Waals surface area contributed by atoms with E-state index in [2.05, 4.69) is 20.6 Å². The first kappa shape index (κ1) is 32.1. The molecule has 1 aliphatic rings. The van der Waals surface area contributed by atoms with Crippen molar-refractivity contribution >= 4 is 51.6 Å². The second kappa shape index (κ2) is 15.6. The smallest absolute Gasteiger partial charge is 0.320 e. The minimum absolute atomic E-state index is 0.0344. The van der Waals surface area contributed by atoms with Crippen molar-refractivity contribution < 1.29 is 33.3 Å². The minimum Gasteiger partial charge on any atom is -0.491 e. The Morgan fingerprint density at radius 1 is 1.26 bits per heavy atom. The molecule has 2 aromatic carbocycles. The van der Waals surface area contributed by atoms with Crippen LogP contribution in [0.15, 0.2) is 48.8 Å². The van der Waals surface area contributed by atoms with Crippen LogP contribution in [0.1, 0.15) is 19.8 Å². The summed E-state index contributed by atoms with van der Waals surface area (Å²) in [6, 6.07) is 7.69. The predicted molar refractivity (Wildman–Crippen MR) is 161 cm³/mol. The Morgan fingerprint density at radius 2 is 2.07 bits per heavy atom. The third-order valence-electron chi connectivity index (χ3n) is 6.47. The third-order valence-corrected chi connectivity index (χ3v) is 6.76. The van der Waals surface area contributed by atoms with E-state index in [1.165, 1.54) is 37.7 Å². The van der Waals surface area contributed by atoms with Gasteiger partial charge in [0.1, 0.15) is 23.7 Å². The molecule has 0 aliphatic heterocycles. The number of aliphatic hydroxyl groups is 1. The number of nitrogens with zero attached hydrogens (tertiary/aromatic N) is 3. The van der Waals surface area contributed by atoms with Crippen LogP contribution in [0.2, 0.25) is 5.02 Å². The van der Waals surface area contributed by atoms with Gasteiger partial charge in [-0.3, -0.25) is 14.5 Å². The van der Waals surface area contributed by atoms with E-state index in [0.717, 1.165) is 12.8 Å². The molecule has 1 saturated carbocycles. The summed E-state index contributed by atoms with van der Waals surface area (Å²) in [5, 5.41) is 16.7. The van der Waals surface area contributed by atoms with Crippen LogP contribution in [0.5, 0.6) is 5.75 Å². The van der Waals surface area contributed by atoms with Crippen molar-refractivity contribution in [1.82, 2.24) is 14.9 Å². The minimum atomic E-state index is -0.818. The van der Waals surface area contributed by atoms with E-state index < -0.39 is 23.8 Å². The molecule has 230 valence electrons. The standard InChI is InChI=1S/C30H35ClFN5O6/c1-3-42-29(40)15-37(14-21(38)17-41-2)10-4-5-28(39)36-26-12-22-25(13-27(26)43-16-19-6-7-19)33-18-34-30(22)35-20-8-9-24(32)23(31)11-20/h4-5,8-9,11-13,18-19,21,38H,3,6-7,10,14-17H2,1-2H3,(H,36,39)(H,33,34,35)/t21-/m1/s1. The Balaban J connectivity index is 1.53. The summed E-state index contributed by atoms with van der Waals surface area (Å²) < 4.78 is 29.7. The Kier molecular flexibility index (Phi) is 11.6. The van der Waals surface area contributed by atoms with Crippen LogP contribution in [0, 0.1) is 11.7 Å². The van der Waals surface area contributed by atoms with Gasteiger partial charge in [-0.1, -0.05) is 17.7 Å². The molecular formula is C30H35ClFN5O6. The number of fused-ring (bicyclic) bond motifs is 1. The number of ether oxygens (including phenoxy) is 3. The lowest BCUT2D eigenvalue weighted by Gasteiger charge is -2.22. The molecule has 11 nitrogen and oxygen atoms in total. The zero-order chi connectivity index (χ0) is 30.8. The quantitative estimate of drug-likeness (QED) is 0.158. The monoisotopic (exact) mass is 615 g/mol. The van der Waals surface area contributed by atoms with Crippen molar-refractivity contribution in [2.75, 3.05) is 57.2 Å². The van der Waals surface area contributed by atoms with Crippen molar-refractivity contribution in [3.63, 3.8) is 0 Å². The van der Waals surface area contributed by atoms with E-state index in [-0.39, 0.29) is 37.9 Å². The average Bonchev–Trinajstić information content (AvgIpc) is 3.79. The van der Waals surface area contributed by atoms with Gasteiger partial charge in [0.25, 0.3) is 0 Å². The number of benzene rings is 2. The average molecular weight is 616 g/mol. The molecule has 0 spiro atoms. The number of aromatic nitrogens is 2. The van der Waals surface area contributed by atoms with Gasteiger partial charge in [0.2, 0.25) is 5.91 Å². The first-order valence-corrected chi connectivity index (χ1v) is 14.3. The van der Waals surface area contributed by atoms with E-state index in [1.807, 2.05) is 0 Å². The van der Waals surface area contributed by atoms with E-state index in [4.69, 9.17) is 25.8 Å². The SMILES string of the molecule is CCOC(=O)CN(CC=CC(=O)Nc1cc2c(Nc3ccc(F)c(Cl)c3)ncnc2cc1OCC1CC1)C[C@@H](O)COC. The summed E-state index contributed by atoms with van der Waals surface area (Å²) in [6.07, 6.45) is 5.70. The van der Waals surface area contributed by atoms with Crippen molar-refractivity contribution in [1.29, 1.82) is 0 Å². The van der Waals surface area contributed by atoms with Gasteiger partial charge in [0.05, 0.1) is 48.7 Å². The molecule has 0 unspecified atom stereocenters. The lowest BCUT2D eigenvalue weighted by atomic mass is 10.1. The van der Waals surface area contributed by atoms with Crippen molar-refractivity contribution in [3.8, 4) is 5.75 Å². The number of nitrogens with one attached hydrogen (secondary N) is 2. The van der Waals surface area contributed by atoms with Crippen LogP contribution in [0.25, 0.3) is 10.9 Å². The molecule has 0 radical (unpaired) electrons. The largest absolute Gasteiger partial charge is 0.491 e. The number of methoxy groups -OCH3 is 1. The summed E-state index contributed by atoms with van der Waals surface area (Å²) in [5.41, 5.74) is 1.52. The fourth-order valence-electron chi connectivity index (χ4n) is 4.22. The molecular weight excluding hydrogens is 581 g/mol. The zero-order valence-corrected chi connectivity index (χ0v) is 24.8. The van der Waals surface area contributed by atoms with Gasteiger partial charge >= 0.3 is 5.97 Å². The molecule has 1 amide bonds. The van der Waals surface area contributed by atoms with Crippen LogP contribution in [-0.4, -0.2) is 84.5 Å². The van der Waals surface area contributed by atoms with Gasteiger partial charge in [0, 0.05) is 43.4 Å². The van der Waals surface area contributed by atoms with E-state index in [9.17, 15) is 19.1 Å². The van der Waals surface area contributed by atoms with Crippen LogP contribution in [0.4, 0.5) is 21.6 Å². The van der Waals surface area contributed by atoms with Crippen LogP contribution in [0.3, 0.4) is 0 Å². The number of hydrogen-bond acceptors (Lipinski definition) is 10. The van der Waals surface area contributed by atoms with Crippen LogP contribution in [-0.2, 0) is 19.1 Å². The molecule has 4 rings (SSSR count). The Labute approximate surface area is 254 Å². The maximum absolute atomic E-state index is 13.7. The van der Waals surface area contributed by atoms with Crippen molar-refractivity contribution in [2.24, 2.45) is 5.92 Å². The number of esters is 1. The lowest BCUT2D eigenvalue weighted by molar-refractivity contribution is -0.144. The number of anilines is 3. The molecule has 1 atom stereocenters. The highest BCUT2D eigenvalue weighted by molar-refractivity contribution is 6.31. The van der Waals surface area contributed by atoms with Crippen molar-refractivity contribution in [2.45, 2.75) is 25.9 Å². The van der Waals surface area contributed by atoms with Gasteiger partial charge in [0.15, 0.2) is 0 Å². The highest BCUT2D eigenvalue weighted by atomic mass is 35.5. The Bertz CT molecular complexity index is 1450. The summed E-state index contributed by atoms with van der Waals surface area (Å²) in [6.45, 7) is 2.87. The fourth-order valence-corrected chi connectivity index (χ4v) is 4.40. The molecule has 1 heterocycles. The topological polar surface area (TPSA) is 135 Å². The first-order valence-electron chi connectivity index (χ1n) is 13.9. The highest BCUT2D eigenvalue weighted by Gasteiger charge is 2.23. The van der Waals surface area contributed by atoms with Gasteiger partial charge < -0.3 is 30.0 Å². The highest BCUT2D eigenvalue weighted by Crippen LogP contribution is 2.36. The predicted octanol–water partition coefficient (Wildman–Crippen LogP) is 4.32. The summed E-state index contributed by atoms with van der Waals surface area (Å²) in [5.74, 6) is -0.0397. The Morgan fingerprint density at radius 3 is 2.79 bits per heavy atom. The maximum atomic E-state index is 13.7. The maximum Gasteiger partial charge on any atom is 0.320 e.